The summed E-state index contributed by atoms with van der Waals surface area (Å²) < 4.78 is 0. The number of hydrogen-bond acceptors (Lipinski definition) is 2. The molecule has 0 unspecified atom stereocenters. The van der Waals surface area contributed by atoms with E-state index in [0.717, 1.165) is 11.7 Å². The lowest BCUT2D eigenvalue weighted by Gasteiger charge is -2.38. The van der Waals surface area contributed by atoms with Gasteiger partial charge in [-0.3, -0.25) is 0 Å². The lowest BCUT2D eigenvalue weighted by Crippen LogP contribution is -2.39. The van der Waals surface area contributed by atoms with Gasteiger partial charge >= 0.3 is 0 Å². The van der Waals surface area contributed by atoms with Crippen molar-refractivity contribution in [2.24, 2.45) is 0 Å². The highest BCUT2D eigenvalue weighted by Gasteiger charge is 2.21. The first-order chi connectivity index (χ1) is 7.72. The molecule has 2 nitrogen and oxygen atoms in total. The molecule has 1 fully saturated rings. The minimum absolute atomic E-state index is 0.719. The molecule has 0 aromatic heterocycles. The summed E-state index contributed by atoms with van der Waals surface area (Å²) in [4.78, 5) is 2.57. The minimum Gasteiger partial charge on any atom is -0.399 e. The molecular weight excluding hydrogens is 196 g/mol. The fourth-order valence-electron chi connectivity index (χ4n) is 2.74. The minimum atomic E-state index is 0.719. The van der Waals surface area contributed by atoms with E-state index >= 15 is 0 Å². The van der Waals surface area contributed by atoms with Crippen LogP contribution in [0.5, 0.6) is 0 Å². The Hall–Kier alpha value is -1.18. The molecule has 1 atom stereocenters. The Kier molecular flexibility index (Phi) is 3.37. The summed E-state index contributed by atoms with van der Waals surface area (Å²) in [6.45, 7) is 5.64. The van der Waals surface area contributed by atoms with Gasteiger partial charge in [0.2, 0.25) is 0 Å². The number of nitrogen functional groups attached to an aromatic ring is 1. The van der Waals surface area contributed by atoms with Crippen LogP contribution < -0.4 is 10.6 Å². The fourth-order valence-corrected chi connectivity index (χ4v) is 2.74. The number of rotatable bonds is 2. The van der Waals surface area contributed by atoms with Crippen molar-refractivity contribution in [2.45, 2.75) is 45.6 Å². The van der Waals surface area contributed by atoms with E-state index < -0.39 is 0 Å². The molecule has 2 N–H and O–H groups in total. The van der Waals surface area contributed by atoms with Crippen molar-refractivity contribution in [3.63, 3.8) is 0 Å². The number of aryl methyl sites for hydroxylation is 1. The van der Waals surface area contributed by atoms with E-state index in [-0.39, 0.29) is 0 Å². The maximum Gasteiger partial charge on any atom is 0.0399 e. The van der Waals surface area contributed by atoms with E-state index in [2.05, 4.69) is 30.9 Å². The highest BCUT2D eigenvalue weighted by molar-refractivity contribution is 5.59. The molecule has 1 aliphatic rings. The van der Waals surface area contributed by atoms with Crippen LogP contribution in [-0.4, -0.2) is 12.6 Å². The molecule has 1 heterocycles. The summed E-state index contributed by atoms with van der Waals surface area (Å²) in [5.41, 5.74) is 9.35. The molecule has 1 saturated heterocycles. The maximum absolute atomic E-state index is 5.81. The molecular formula is C14H22N2. The molecule has 0 radical (unpaired) electrons. The number of anilines is 2. The van der Waals surface area contributed by atoms with E-state index in [1.54, 1.807) is 0 Å². The molecule has 2 heteroatoms. The predicted molar refractivity (Wildman–Crippen MR) is 70.9 cm³/mol. The molecule has 0 saturated carbocycles. The predicted octanol–water partition coefficient (Wildman–Crippen LogP) is 3.35. The van der Waals surface area contributed by atoms with Crippen molar-refractivity contribution in [1.29, 1.82) is 0 Å². The maximum atomic E-state index is 5.81. The SMILES string of the molecule is CC[C@@H]1CCCCN1c1ccc(N)cc1C. The van der Waals surface area contributed by atoms with E-state index in [0.29, 0.717) is 0 Å². The first kappa shape index (κ1) is 11.3. The number of nitrogens with zero attached hydrogens (tertiary/aromatic N) is 1. The van der Waals surface area contributed by atoms with Crippen LogP contribution in [-0.2, 0) is 0 Å². The molecule has 0 spiro atoms. The molecule has 2 rings (SSSR count). The van der Waals surface area contributed by atoms with Gasteiger partial charge in [-0.05, 0) is 56.4 Å². The number of piperidine rings is 1. The van der Waals surface area contributed by atoms with Crippen molar-refractivity contribution >= 4 is 11.4 Å². The Labute approximate surface area is 98.4 Å². The quantitative estimate of drug-likeness (QED) is 0.771. The standard InChI is InChI=1S/C14H22N2/c1-3-13-6-4-5-9-16(13)14-8-7-12(15)10-11(14)2/h7-8,10,13H,3-6,9,15H2,1-2H3/t13-/m1/s1. The van der Waals surface area contributed by atoms with Gasteiger partial charge in [-0.2, -0.15) is 0 Å². The van der Waals surface area contributed by atoms with Crippen LogP contribution in [0.3, 0.4) is 0 Å². The second-order valence-corrected chi connectivity index (χ2v) is 4.80. The molecule has 0 aliphatic carbocycles. The number of hydrogen-bond donors (Lipinski definition) is 1. The monoisotopic (exact) mass is 218 g/mol. The van der Waals surface area contributed by atoms with E-state index in [4.69, 9.17) is 5.73 Å². The van der Waals surface area contributed by atoms with Gasteiger partial charge in [-0.15, -0.1) is 0 Å². The molecule has 1 aliphatic heterocycles. The Bertz CT molecular complexity index is 360. The fraction of sp³-hybridized carbons (Fsp3) is 0.571. The summed E-state index contributed by atoms with van der Waals surface area (Å²) in [6, 6.07) is 7.00. The molecule has 1 aromatic rings. The van der Waals surface area contributed by atoms with Crippen LogP contribution in [0.25, 0.3) is 0 Å². The topological polar surface area (TPSA) is 29.3 Å². The Morgan fingerprint density at radius 1 is 1.38 bits per heavy atom. The third-order valence-electron chi connectivity index (χ3n) is 3.63. The lowest BCUT2D eigenvalue weighted by atomic mass is 9.98. The highest BCUT2D eigenvalue weighted by atomic mass is 15.2. The van der Waals surface area contributed by atoms with Gasteiger partial charge < -0.3 is 10.6 Å². The van der Waals surface area contributed by atoms with Crippen LogP contribution in [0, 0.1) is 6.92 Å². The summed E-state index contributed by atoms with van der Waals surface area (Å²) in [7, 11) is 0. The zero-order valence-corrected chi connectivity index (χ0v) is 10.4. The van der Waals surface area contributed by atoms with Gasteiger partial charge in [-0.1, -0.05) is 6.92 Å². The van der Waals surface area contributed by atoms with Crippen molar-refractivity contribution in [2.75, 3.05) is 17.2 Å². The van der Waals surface area contributed by atoms with Gasteiger partial charge in [0.25, 0.3) is 0 Å². The lowest BCUT2D eigenvalue weighted by molar-refractivity contribution is 0.449. The molecule has 1 aromatic carbocycles. The largest absolute Gasteiger partial charge is 0.399 e. The summed E-state index contributed by atoms with van der Waals surface area (Å²) in [5.74, 6) is 0. The van der Waals surface area contributed by atoms with Crippen molar-refractivity contribution in [3.8, 4) is 0 Å². The number of benzene rings is 1. The smallest absolute Gasteiger partial charge is 0.0399 e. The number of nitrogens with two attached hydrogens (primary N) is 1. The van der Waals surface area contributed by atoms with Gasteiger partial charge in [0.15, 0.2) is 0 Å². The third-order valence-corrected chi connectivity index (χ3v) is 3.63. The normalized spacial score (nSPS) is 21.1. The first-order valence-electron chi connectivity index (χ1n) is 6.35. The molecule has 0 amide bonds. The Morgan fingerprint density at radius 2 is 2.19 bits per heavy atom. The van der Waals surface area contributed by atoms with E-state index in [1.807, 2.05) is 6.07 Å². The van der Waals surface area contributed by atoms with Gasteiger partial charge in [0, 0.05) is 24.0 Å². The van der Waals surface area contributed by atoms with Crippen LogP contribution in [0.2, 0.25) is 0 Å². The third kappa shape index (κ3) is 2.16. The molecule has 16 heavy (non-hydrogen) atoms. The summed E-state index contributed by atoms with van der Waals surface area (Å²) in [5, 5.41) is 0. The van der Waals surface area contributed by atoms with Crippen LogP contribution in [0.15, 0.2) is 18.2 Å². The van der Waals surface area contributed by atoms with Gasteiger partial charge in [0.1, 0.15) is 0 Å². The average molecular weight is 218 g/mol. The van der Waals surface area contributed by atoms with Gasteiger partial charge in [0.05, 0.1) is 0 Å². The van der Waals surface area contributed by atoms with Crippen LogP contribution in [0.4, 0.5) is 11.4 Å². The van der Waals surface area contributed by atoms with Crippen molar-refractivity contribution in [3.05, 3.63) is 23.8 Å². The van der Waals surface area contributed by atoms with Crippen molar-refractivity contribution in [1.82, 2.24) is 0 Å². The molecule has 88 valence electrons. The second kappa shape index (κ2) is 4.77. The van der Waals surface area contributed by atoms with Crippen LogP contribution >= 0.6 is 0 Å². The zero-order valence-electron chi connectivity index (χ0n) is 10.4. The van der Waals surface area contributed by atoms with Crippen LogP contribution in [0.1, 0.15) is 38.2 Å². The summed E-state index contributed by atoms with van der Waals surface area (Å²) >= 11 is 0. The zero-order chi connectivity index (χ0) is 11.5. The second-order valence-electron chi connectivity index (χ2n) is 4.80. The average Bonchev–Trinajstić information content (AvgIpc) is 2.29. The van der Waals surface area contributed by atoms with E-state index in [9.17, 15) is 0 Å². The van der Waals surface area contributed by atoms with Crippen molar-refractivity contribution < 1.29 is 0 Å². The Morgan fingerprint density at radius 3 is 2.88 bits per heavy atom. The summed E-state index contributed by atoms with van der Waals surface area (Å²) in [6.07, 6.45) is 5.27. The van der Waals surface area contributed by atoms with E-state index in [1.165, 1.54) is 43.5 Å². The van der Waals surface area contributed by atoms with Gasteiger partial charge in [-0.25, -0.2) is 0 Å². The highest BCUT2D eigenvalue weighted by Crippen LogP contribution is 2.29. The first-order valence-corrected chi connectivity index (χ1v) is 6.35. The Balaban J connectivity index is 2.27. The molecule has 0 bridgehead atoms.